The van der Waals surface area contributed by atoms with Gasteiger partial charge in [0.25, 0.3) is 0 Å². The topological polar surface area (TPSA) is 0 Å². The molecule has 0 amide bonds. The summed E-state index contributed by atoms with van der Waals surface area (Å²) in [5.74, 6) is 0. The summed E-state index contributed by atoms with van der Waals surface area (Å²) in [6, 6.07) is 23.9. The molecule has 0 spiro atoms. The molecule has 2 heteroatoms. The first-order valence-electron chi connectivity index (χ1n) is 6.92. The van der Waals surface area contributed by atoms with Crippen LogP contribution in [0, 0.1) is 0 Å². The van der Waals surface area contributed by atoms with Crippen LogP contribution in [0.2, 0.25) is 0 Å². The molecule has 3 aromatic carbocycles. The SMILES string of the molecule is CSc1sc2c(ccc3ccccc32)c1-c1ccccc1. The van der Waals surface area contributed by atoms with Gasteiger partial charge in [0.2, 0.25) is 0 Å². The molecule has 21 heavy (non-hydrogen) atoms. The number of benzene rings is 3. The van der Waals surface area contributed by atoms with Crippen molar-refractivity contribution in [3.05, 3.63) is 66.7 Å². The lowest BCUT2D eigenvalue weighted by Crippen LogP contribution is -1.78. The molecule has 1 aromatic heterocycles. The van der Waals surface area contributed by atoms with Crippen LogP contribution in [-0.4, -0.2) is 6.26 Å². The second-order valence-electron chi connectivity index (χ2n) is 5.00. The van der Waals surface area contributed by atoms with Crippen molar-refractivity contribution in [1.29, 1.82) is 0 Å². The van der Waals surface area contributed by atoms with Crippen molar-refractivity contribution < 1.29 is 0 Å². The van der Waals surface area contributed by atoms with Crippen LogP contribution in [-0.2, 0) is 0 Å². The predicted octanol–water partition coefficient (Wildman–Crippen LogP) is 6.44. The second-order valence-corrected chi connectivity index (χ2v) is 7.09. The molecule has 0 aliphatic heterocycles. The Morgan fingerprint density at radius 3 is 2.33 bits per heavy atom. The van der Waals surface area contributed by atoms with E-state index in [2.05, 4.69) is 73.0 Å². The Labute approximate surface area is 132 Å². The van der Waals surface area contributed by atoms with E-state index < -0.39 is 0 Å². The Kier molecular flexibility index (Phi) is 3.21. The zero-order valence-corrected chi connectivity index (χ0v) is 13.3. The Morgan fingerprint density at radius 2 is 1.52 bits per heavy atom. The van der Waals surface area contributed by atoms with E-state index in [4.69, 9.17) is 0 Å². The fourth-order valence-electron chi connectivity index (χ4n) is 2.83. The van der Waals surface area contributed by atoms with Crippen LogP contribution in [0.1, 0.15) is 0 Å². The predicted molar refractivity (Wildman–Crippen MR) is 96.5 cm³/mol. The molecule has 0 saturated heterocycles. The van der Waals surface area contributed by atoms with Gasteiger partial charge in [-0.3, -0.25) is 0 Å². The minimum Gasteiger partial charge on any atom is -0.127 e. The molecule has 102 valence electrons. The Balaban J connectivity index is 2.13. The number of rotatable bonds is 2. The van der Waals surface area contributed by atoms with Gasteiger partial charge in [-0.25, -0.2) is 0 Å². The maximum Gasteiger partial charge on any atom is 0.0687 e. The fraction of sp³-hybridized carbons (Fsp3) is 0.0526. The van der Waals surface area contributed by atoms with Crippen LogP contribution in [0.3, 0.4) is 0 Å². The smallest absolute Gasteiger partial charge is 0.0687 e. The zero-order chi connectivity index (χ0) is 14.2. The summed E-state index contributed by atoms with van der Waals surface area (Å²) in [6.45, 7) is 0. The molecule has 0 saturated carbocycles. The zero-order valence-electron chi connectivity index (χ0n) is 11.7. The highest BCUT2D eigenvalue weighted by atomic mass is 32.2. The van der Waals surface area contributed by atoms with Crippen LogP contribution in [0.4, 0.5) is 0 Å². The summed E-state index contributed by atoms with van der Waals surface area (Å²) in [5, 5.41) is 4.05. The average Bonchev–Trinajstić information content (AvgIpc) is 2.94. The van der Waals surface area contributed by atoms with Gasteiger partial charge in [0.05, 0.1) is 4.21 Å². The van der Waals surface area contributed by atoms with Crippen LogP contribution in [0.15, 0.2) is 70.9 Å². The maximum absolute atomic E-state index is 2.27. The van der Waals surface area contributed by atoms with Gasteiger partial charge < -0.3 is 0 Å². The van der Waals surface area contributed by atoms with E-state index in [0.29, 0.717) is 0 Å². The van der Waals surface area contributed by atoms with E-state index in [1.165, 1.54) is 36.2 Å². The minimum atomic E-state index is 1.31. The highest BCUT2D eigenvalue weighted by Crippen LogP contribution is 2.45. The third kappa shape index (κ3) is 2.06. The summed E-state index contributed by atoms with van der Waals surface area (Å²) in [4.78, 5) is 0. The number of hydrogen-bond acceptors (Lipinski definition) is 2. The normalized spacial score (nSPS) is 11.3. The lowest BCUT2D eigenvalue weighted by Gasteiger charge is -2.03. The van der Waals surface area contributed by atoms with Crippen molar-refractivity contribution in [2.45, 2.75) is 4.21 Å². The van der Waals surface area contributed by atoms with Gasteiger partial charge in [-0.15, -0.1) is 23.1 Å². The number of fused-ring (bicyclic) bond motifs is 3. The van der Waals surface area contributed by atoms with Gasteiger partial charge in [-0.2, -0.15) is 0 Å². The van der Waals surface area contributed by atoms with E-state index in [-0.39, 0.29) is 0 Å². The fourth-order valence-corrected chi connectivity index (χ4v) is 4.93. The van der Waals surface area contributed by atoms with E-state index in [0.717, 1.165) is 0 Å². The first kappa shape index (κ1) is 12.9. The van der Waals surface area contributed by atoms with Gasteiger partial charge in [-0.1, -0.05) is 66.7 Å². The van der Waals surface area contributed by atoms with Gasteiger partial charge >= 0.3 is 0 Å². The van der Waals surface area contributed by atoms with Crippen molar-refractivity contribution in [2.24, 2.45) is 0 Å². The standard InChI is InChI=1S/C19H14S2/c1-20-19-17(14-8-3-2-4-9-14)16-12-11-13-7-5-6-10-15(13)18(16)21-19/h2-12H,1H3. The average molecular weight is 306 g/mol. The molecule has 0 aliphatic rings. The Bertz CT molecular complexity index is 920. The number of hydrogen-bond donors (Lipinski definition) is 0. The van der Waals surface area contributed by atoms with Crippen molar-refractivity contribution in [2.75, 3.05) is 6.26 Å². The van der Waals surface area contributed by atoms with Crippen molar-refractivity contribution >= 4 is 44.0 Å². The van der Waals surface area contributed by atoms with Crippen LogP contribution in [0.5, 0.6) is 0 Å². The van der Waals surface area contributed by atoms with Gasteiger partial charge in [0.15, 0.2) is 0 Å². The van der Waals surface area contributed by atoms with Gasteiger partial charge in [0, 0.05) is 15.6 Å². The first-order chi connectivity index (χ1) is 10.4. The third-order valence-corrected chi connectivity index (χ3v) is 6.15. The molecule has 0 fully saturated rings. The van der Waals surface area contributed by atoms with Crippen molar-refractivity contribution in [1.82, 2.24) is 0 Å². The Morgan fingerprint density at radius 1 is 0.762 bits per heavy atom. The quantitative estimate of drug-likeness (QED) is 0.384. The third-order valence-electron chi connectivity index (χ3n) is 3.80. The van der Waals surface area contributed by atoms with E-state index in [1.54, 1.807) is 0 Å². The summed E-state index contributed by atoms with van der Waals surface area (Å²) >= 11 is 3.75. The van der Waals surface area contributed by atoms with Crippen LogP contribution in [0.25, 0.3) is 32.0 Å². The first-order valence-corrected chi connectivity index (χ1v) is 8.96. The molecule has 0 nitrogen and oxygen atoms in total. The monoisotopic (exact) mass is 306 g/mol. The summed E-state index contributed by atoms with van der Waals surface area (Å²) < 4.78 is 2.80. The molecule has 0 bridgehead atoms. The van der Waals surface area contributed by atoms with E-state index in [9.17, 15) is 0 Å². The van der Waals surface area contributed by atoms with Gasteiger partial charge in [0.1, 0.15) is 0 Å². The van der Waals surface area contributed by atoms with Crippen LogP contribution < -0.4 is 0 Å². The molecule has 0 aliphatic carbocycles. The molecular weight excluding hydrogens is 292 g/mol. The number of thioether (sulfide) groups is 1. The molecule has 4 aromatic rings. The molecule has 0 atom stereocenters. The largest absolute Gasteiger partial charge is 0.127 e. The lowest BCUT2D eigenvalue weighted by atomic mass is 10.0. The van der Waals surface area contributed by atoms with Crippen molar-refractivity contribution in [3.8, 4) is 11.1 Å². The van der Waals surface area contributed by atoms with E-state index >= 15 is 0 Å². The summed E-state index contributed by atoms with van der Waals surface area (Å²) in [7, 11) is 0. The van der Waals surface area contributed by atoms with Gasteiger partial charge in [-0.05, 0) is 22.6 Å². The lowest BCUT2D eigenvalue weighted by molar-refractivity contribution is 1.63. The molecule has 1 heterocycles. The minimum absolute atomic E-state index is 1.31. The number of thiophene rings is 1. The molecule has 0 N–H and O–H groups in total. The van der Waals surface area contributed by atoms with Crippen LogP contribution >= 0.6 is 23.1 Å². The second kappa shape index (κ2) is 5.21. The van der Waals surface area contributed by atoms with Crippen molar-refractivity contribution in [3.63, 3.8) is 0 Å². The molecule has 0 radical (unpaired) electrons. The molecular formula is C19H14S2. The highest BCUT2D eigenvalue weighted by Gasteiger charge is 2.14. The summed E-state index contributed by atoms with van der Waals surface area (Å²) in [5.41, 5.74) is 2.69. The highest BCUT2D eigenvalue weighted by molar-refractivity contribution is 8.00. The maximum atomic E-state index is 2.27. The molecule has 0 unspecified atom stereocenters. The Hall–Kier alpha value is -1.77. The summed E-state index contributed by atoms with van der Waals surface area (Å²) in [6.07, 6.45) is 2.17. The molecule has 4 rings (SSSR count). The van der Waals surface area contributed by atoms with E-state index in [1.807, 2.05) is 23.1 Å².